The van der Waals surface area contributed by atoms with Gasteiger partial charge in [-0.15, -0.1) is 0 Å². The van der Waals surface area contributed by atoms with Crippen LogP contribution >= 0.6 is 0 Å². The fraction of sp³-hybridized carbons (Fsp3) is 0.286. The smallest absolute Gasteiger partial charge is 0.247 e. The summed E-state index contributed by atoms with van der Waals surface area (Å²) in [6.07, 6.45) is 1.99. The van der Waals surface area contributed by atoms with Crippen LogP contribution in [0.1, 0.15) is 35.2 Å². The molecule has 124 valence electrons. The SMILES string of the molecule is Cc1cc(C)c(NC(=O)C(C)n2ccc3cc(C)ccc32)c(C)c1. The Bertz CT molecular complexity index is 898. The van der Waals surface area contributed by atoms with Crippen LogP contribution in [0.2, 0.25) is 0 Å². The quantitative estimate of drug-likeness (QED) is 0.718. The van der Waals surface area contributed by atoms with Gasteiger partial charge >= 0.3 is 0 Å². The molecule has 3 nitrogen and oxygen atoms in total. The highest BCUT2D eigenvalue weighted by Crippen LogP contribution is 2.25. The maximum absolute atomic E-state index is 12.8. The molecule has 0 aliphatic heterocycles. The predicted molar refractivity (Wildman–Crippen MR) is 101 cm³/mol. The van der Waals surface area contributed by atoms with Crippen LogP contribution in [0.15, 0.2) is 42.6 Å². The summed E-state index contributed by atoms with van der Waals surface area (Å²) in [6, 6.07) is 12.3. The van der Waals surface area contributed by atoms with Crippen molar-refractivity contribution in [3.05, 3.63) is 64.8 Å². The maximum atomic E-state index is 12.8. The molecule has 1 N–H and O–H groups in total. The lowest BCUT2D eigenvalue weighted by atomic mass is 10.0. The van der Waals surface area contributed by atoms with Crippen molar-refractivity contribution in [3.63, 3.8) is 0 Å². The number of carbonyl (C=O) groups excluding carboxylic acids is 1. The summed E-state index contributed by atoms with van der Waals surface area (Å²) in [5, 5.41) is 4.27. The highest BCUT2D eigenvalue weighted by atomic mass is 16.2. The average molecular weight is 320 g/mol. The molecule has 3 aromatic rings. The van der Waals surface area contributed by atoms with Gasteiger partial charge in [0, 0.05) is 17.4 Å². The molecule has 3 rings (SSSR count). The van der Waals surface area contributed by atoms with E-state index >= 15 is 0 Å². The van der Waals surface area contributed by atoms with E-state index in [1.165, 1.54) is 11.1 Å². The van der Waals surface area contributed by atoms with Crippen molar-refractivity contribution in [1.82, 2.24) is 4.57 Å². The summed E-state index contributed by atoms with van der Waals surface area (Å²) in [7, 11) is 0. The number of rotatable bonds is 3. The van der Waals surface area contributed by atoms with Crippen LogP contribution in [0, 0.1) is 27.7 Å². The molecule has 0 aliphatic carbocycles. The van der Waals surface area contributed by atoms with Crippen molar-refractivity contribution in [1.29, 1.82) is 0 Å². The zero-order valence-electron chi connectivity index (χ0n) is 15.0. The van der Waals surface area contributed by atoms with Crippen LogP contribution in [0.4, 0.5) is 5.69 Å². The van der Waals surface area contributed by atoms with Crippen LogP contribution in [0.25, 0.3) is 10.9 Å². The van der Waals surface area contributed by atoms with E-state index in [-0.39, 0.29) is 11.9 Å². The van der Waals surface area contributed by atoms with E-state index in [0.717, 1.165) is 27.7 Å². The normalized spacial score (nSPS) is 12.4. The molecule has 0 saturated carbocycles. The highest BCUT2D eigenvalue weighted by molar-refractivity contribution is 5.96. The summed E-state index contributed by atoms with van der Waals surface area (Å²) in [6.45, 7) is 10.2. The van der Waals surface area contributed by atoms with E-state index in [1.54, 1.807) is 0 Å². The van der Waals surface area contributed by atoms with Crippen LogP contribution in [-0.4, -0.2) is 10.5 Å². The number of anilines is 1. The second-order valence-corrected chi connectivity index (χ2v) is 6.72. The van der Waals surface area contributed by atoms with Gasteiger partial charge < -0.3 is 9.88 Å². The van der Waals surface area contributed by atoms with Gasteiger partial charge in [0.1, 0.15) is 6.04 Å². The van der Waals surface area contributed by atoms with Gasteiger partial charge in [-0.2, -0.15) is 0 Å². The van der Waals surface area contributed by atoms with Crippen molar-refractivity contribution in [2.45, 2.75) is 40.7 Å². The molecule has 0 bridgehead atoms. The van der Waals surface area contributed by atoms with Crippen LogP contribution in [0.5, 0.6) is 0 Å². The fourth-order valence-corrected chi connectivity index (χ4v) is 3.35. The number of fused-ring (bicyclic) bond motifs is 1. The second-order valence-electron chi connectivity index (χ2n) is 6.72. The molecule has 0 radical (unpaired) electrons. The maximum Gasteiger partial charge on any atom is 0.247 e. The van der Waals surface area contributed by atoms with E-state index in [4.69, 9.17) is 0 Å². The lowest BCUT2D eigenvalue weighted by molar-refractivity contribution is -0.118. The van der Waals surface area contributed by atoms with Crippen molar-refractivity contribution in [2.75, 3.05) is 5.32 Å². The summed E-state index contributed by atoms with van der Waals surface area (Å²) < 4.78 is 2.03. The number of benzene rings is 2. The monoisotopic (exact) mass is 320 g/mol. The van der Waals surface area contributed by atoms with E-state index < -0.39 is 0 Å². The minimum absolute atomic E-state index is 0.00290. The van der Waals surface area contributed by atoms with E-state index in [1.807, 2.05) is 31.5 Å². The van der Waals surface area contributed by atoms with Gasteiger partial charge in [-0.3, -0.25) is 4.79 Å². The van der Waals surface area contributed by atoms with Gasteiger partial charge in [-0.25, -0.2) is 0 Å². The molecular formula is C21H24N2O. The summed E-state index contributed by atoms with van der Waals surface area (Å²) >= 11 is 0. The Kier molecular flexibility index (Phi) is 4.18. The van der Waals surface area contributed by atoms with Crippen LogP contribution < -0.4 is 5.32 Å². The summed E-state index contributed by atoms with van der Waals surface area (Å²) in [5.41, 5.74) is 6.64. The molecule has 1 heterocycles. The number of nitrogens with zero attached hydrogens (tertiary/aromatic N) is 1. The van der Waals surface area contributed by atoms with Crippen molar-refractivity contribution in [3.8, 4) is 0 Å². The Morgan fingerprint density at radius 1 is 0.958 bits per heavy atom. The molecule has 0 spiro atoms. The third kappa shape index (κ3) is 2.94. The van der Waals surface area contributed by atoms with E-state index in [9.17, 15) is 4.79 Å². The third-order valence-electron chi connectivity index (χ3n) is 4.60. The zero-order valence-corrected chi connectivity index (χ0v) is 15.0. The van der Waals surface area contributed by atoms with Crippen molar-refractivity contribution < 1.29 is 4.79 Å². The van der Waals surface area contributed by atoms with Gasteiger partial charge in [0.2, 0.25) is 5.91 Å². The fourth-order valence-electron chi connectivity index (χ4n) is 3.35. The minimum Gasteiger partial charge on any atom is -0.335 e. The highest BCUT2D eigenvalue weighted by Gasteiger charge is 2.18. The van der Waals surface area contributed by atoms with Crippen LogP contribution in [0.3, 0.4) is 0 Å². The topological polar surface area (TPSA) is 34.0 Å². The standard InChI is InChI=1S/C21H24N2O/c1-13-6-7-19-18(12-13)8-9-23(19)17(5)21(24)22-20-15(3)10-14(2)11-16(20)4/h6-12,17H,1-5H3,(H,22,24). The first-order valence-corrected chi connectivity index (χ1v) is 8.32. The average Bonchev–Trinajstić information content (AvgIpc) is 2.92. The first kappa shape index (κ1) is 16.3. The number of hydrogen-bond acceptors (Lipinski definition) is 1. The molecule has 3 heteroatoms. The molecule has 1 atom stereocenters. The lowest BCUT2D eigenvalue weighted by Gasteiger charge is -2.18. The molecule has 0 saturated heterocycles. The number of hydrogen-bond donors (Lipinski definition) is 1. The summed E-state index contributed by atoms with van der Waals surface area (Å²) in [5.74, 6) is 0.00290. The van der Waals surface area contributed by atoms with Crippen molar-refractivity contribution >= 4 is 22.5 Å². The van der Waals surface area contributed by atoms with Gasteiger partial charge in [0.05, 0.1) is 0 Å². The molecule has 0 fully saturated rings. The molecule has 2 aromatic carbocycles. The Labute approximate surface area is 143 Å². The molecule has 1 aromatic heterocycles. The number of carbonyl (C=O) groups is 1. The van der Waals surface area contributed by atoms with Gasteiger partial charge in [-0.05, 0) is 69.3 Å². The lowest BCUT2D eigenvalue weighted by Crippen LogP contribution is -2.24. The Balaban J connectivity index is 1.90. The largest absolute Gasteiger partial charge is 0.335 e. The van der Waals surface area contributed by atoms with Crippen LogP contribution in [-0.2, 0) is 4.79 Å². The van der Waals surface area contributed by atoms with E-state index in [0.29, 0.717) is 0 Å². The Morgan fingerprint density at radius 2 is 1.62 bits per heavy atom. The van der Waals surface area contributed by atoms with Gasteiger partial charge in [-0.1, -0.05) is 29.3 Å². The molecule has 1 unspecified atom stereocenters. The molecule has 1 amide bonds. The first-order valence-electron chi connectivity index (χ1n) is 8.32. The van der Waals surface area contributed by atoms with Gasteiger partial charge in [0.25, 0.3) is 0 Å². The number of amides is 1. The second kappa shape index (κ2) is 6.16. The third-order valence-corrected chi connectivity index (χ3v) is 4.60. The number of nitrogens with one attached hydrogen (secondary N) is 1. The zero-order chi connectivity index (χ0) is 17.4. The van der Waals surface area contributed by atoms with Crippen molar-refractivity contribution in [2.24, 2.45) is 0 Å². The first-order chi connectivity index (χ1) is 11.4. The summed E-state index contributed by atoms with van der Waals surface area (Å²) in [4.78, 5) is 12.8. The number of aryl methyl sites for hydroxylation is 4. The Hall–Kier alpha value is -2.55. The minimum atomic E-state index is -0.273. The Morgan fingerprint density at radius 3 is 2.29 bits per heavy atom. The molecule has 0 aliphatic rings. The van der Waals surface area contributed by atoms with Gasteiger partial charge in [0.15, 0.2) is 0 Å². The molecular weight excluding hydrogens is 296 g/mol. The molecule has 24 heavy (non-hydrogen) atoms. The van der Waals surface area contributed by atoms with E-state index in [2.05, 4.69) is 55.6 Å². The number of aromatic nitrogens is 1. The predicted octanol–water partition coefficient (Wildman–Crippen LogP) is 5.07.